The Balaban J connectivity index is 0.00000182. The first-order valence-corrected chi connectivity index (χ1v) is 7.65. The maximum Gasteiger partial charge on any atom is 0.298 e. The second-order valence-electron chi connectivity index (χ2n) is 5.33. The number of nitrogens with one attached hydrogen (secondary N) is 1. The first kappa shape index (κ1) is 17.1. The highest BCUT2D eigenvalue weighted by molar-refractivity contribution is 5.85. The summed E-state index contributed by atoms with van der Waals surface area (Å²) < 4.78 is 8.23. The topological polar surface area (TPSA) is 107 Å². The van der Waals surface area contributed by atoms with Gasteiger partial charge in [0.15, 0.2) is 11.5 Å². The number of ether oxygens (including phenoxy) is 1. The first-order chi connectivity index (χ1) is 11.8. The maximum absolute atomic E-state index is 12.6. The Morgan fingerprint density at radius 1 is 1.16 bits per heavy atom. The number of halogens is 1. The summed E-state index contributed by atoms with van der Waals surface area (Å²) in [7, 11) is 0. The number of rotatable bonds is 3. The van der Waals surface area contributed by atoms with Crippen LogP contribution in [0.15, 0.2) is 35.8 Å². The molecule has 1 fully saturated rings. The molecule has 1 aliphatic heterocycles. The lowest BCUT2D eigenvalue weighted by Crippen LogP contribution is -2.27. The van der Waals surface area contributed by atoms with E-state index in [1.54, 1.807) is 18.5 Å². The molecule has 0 radical (unpaired) electrons. The molecule has 0 bridgehead atoms. The second-order valence-corrected chi connectivity index (χ2v) is 5.33. The molecule has 0 saturated carbocycles. The molecule has 1 N–H and O–H groups in total. The average molecular weight is 365 g/mol. The highest BCUT2D eigenvalue weighted by Gasteiger charge is 2.15. The standard InChI is InChI=1S/C14H16N8O2.ClH/c23-14-11(21-4-2-17-19-21)9-18-22(14)13-8-12(15-10-16-13)20-3-1-6-24-7-5-20;/h2,4,8-10,18H,1,3,5-7H2;1H. The third kappa shape index (κ3) is 3.39. The fourth-order valence-electron chi connectivity index (χ4n) is 2.64. The van der Waals surface area contributed by atoms with Crippen LogP contribution in [0.4, 0.5) is 5.82 Å². The Morgan fingerprint density at radius 3 is 2.88 bits per heavy atom. The van der Waals surface area contributed by atoms with E-state index in [4.69, 9.17) is 4.74 Å². The molecule has 3 aromatic heterocycles. The van der Waals surface area contributed by atoms with Crippen molar-refractivity contribution < 1.29 is 4.74 Å². The van der Waals surface area contributed by atoms with Crippen LogP contribution in [0.1, 0.15) is 6.42 Å². The van der Waals surface area contributed by atoms with Crippen LogP contribution in [-0.4, -0.2) is 61.0 Å². The van der Waals surface area contributed by atoms with Gasteiger partial charge in [-0.25, -0.2) is 14.6 Å². The minimum atomic E-state index is -0.260. The predicted molar refractivity (Wildman–Crippen MR) is 91.8 cm³/mol. The fourth-order valence-corrected chi connectivity index (χ4v) is 2.64. The van der Waals surface area contributed by atoms with Crippen LogP contribution in [0, 0.1) is 0 Å². The van der Waals surface area contributed by atoms with Gasteiger partial charge < -0.3 is 9.64 Å². The number of anilines is 1. The summed E-state index contributed by atoms with van der Waals surface area (Å²) in [5.74, 6) is 1.25. The van der Waals surface area contributed by atoms with Gasteiger partial charge in [-0.15, -0.1) is 17.5 Å². The number of hydrogen-bond donors (Lipinski definition) is 1. The third-order valence-electron chi connectivity index (χ3n) is 3.84. The normalized spacial score (nSPS) is 14.8. The van der Waals surface area contributed by atoms with E-state index < -0.39 is 0 Å². The molecule has 0 spiro atoms. The molecule has 1 saturated heterocycles. The molecule has 0 aliphatic carbocycles. The van der Waals surface area contributed by atoms with Gasteiger partial charge in [-0.2, -0.15) is 4.68 Å². The van der Waals surface area contributed by atoms with Crippen molar-refractivity contribution in [1.82, 2.24) is 34.7 Å². The van der Waals surface area contributed by atoms with Crippen LogP contribution in [0.2, 0.25) is 0 Å². The minimum Gasteiger partial charge on any atom is -0.380 e. The summed E-state index contributed by atoms with van der Waals surface area (Å²) >= 11 is 0. The molecule has 0 atom stereocenters. The van der Waals surface area contributed by atoms with Crippen LogP contribution < -0.4 is 10.5 Å². The van der Waals surface area contributed by atoms with Crippen molar-refractivity contribution in [3.05, 3.63) is 41.3 Å². The Labute approximate surface area is 148 Å². The lowest BCUT2D eigenvalue weighted by atomic mass is 10.4. The molecule has 0 amide bonds. The first-order valence-electron chi connectivity index (χ1n) is 7.65. The molecule has 132 valence electrons. The van der Waals surface area contributed by atoms with Gasteiger partial charge in [0, 0.05) is 25.8 Å². The Hall–Kier alpha value is -2.72. The van der Waals surface area contributed by atoms with Gasteiger partial charge in [-0.05, 0) is 6.42 Å². The van der Waals surface area contributed by atoms with Crippen LogP contribution >= 0.6 is 12.4 Å². The molecule has 4 rings (SSSR count). The summed E-state index contributed by atoms with van der Waals surface area (Å²) in [6.07, 6.45) is 7.09. The summed E-state index contributed by atoms with van der Waals surface area (Å²) in [6, 6.07) is 1.79. The molecule has 11 heteroatoms. The van der Waals surface area contributed by atoms with Gasteiger partial charge >= 0.3 is 0 Å². The summed E-state index contributed by atoms with van der Waals surface area (Å²) in [5, 5.41) is 10.4. The van der Waals surface area contributed by atoms with Gasteiger partial charge in [-0.3, -0.25) is 9.89 Å². The van der Waals surface area contributed by atoms with E-state index in [1.807, 2.05) is 0 Å². The lowest BCUT2D eigenvalue weighted by Gasteiger charge is -2.20. The van der Waals surface area contributed by atoms with Crippen LogP contribution in [0.5, 0.6) is 0 Å². The van der Waals surface area contributed by atoms with E-state index in [0.29, 0.717) is 18.1 Å². The fraction of sp³-hybridized carbons (Fsp3) is 0.357. The SMILES string of the molecule is Cl.O=c1c(-n2ccnn2)c[nH]n1-c1cc(N2CCCOCC2)ncn1. The van der Waals surface area contributed by atoms with Crippen molar-refractivity contribution in [2.75, 3.05) is 31.2 Å². The Morgan fingerprint density at radius 2 is 2.04 bits per heavy atom. The van der Waals surface area contributed by atoms with E-state index >= 15 is 0 Å². The molecule has 1 aliphatic rings. The summed E-state index contributed by atoms with van der Waals surface area (Å²) in [4.78, 5) is 23.2. The molecule has 4 heterocycles. The molecule has 25 heavy (non-hydrogen) atoms. The van der Waals surface area contributed by atoms with Crippen molar-refractivity contribution in [1.29, 1.82) is 0 Å². The number of aromatic nitrogens is 7. The number of H-pyrrole nitrogens is 1. The zero-order valence-electron chi connectivity index (χ0n) is 13.3. The van der Waals surface area contributed by atoms with Crippen LogP contribution in [0.25, 0.3) is 11.5 Å². The van der Waals surface area contributed by atoms with Gasteiger partial charge in [0.25, 0.3) is 5.56 Å². The molecule has 0 unspecified atom stereocenters. The van der Waals surface area contributed by atoms with E-state index in [9.17, 15) is 4.79 Å². The Bertz CT molecular complexity index is 867. The van der Waals surface area contributed by atoms with Crippen LogP contribution in [-0.2, 0) is 4.74 Å². The quantitative estimate of drug-likeness (QED) is 0.706. The largest absolute Gasteiger partial charge is 0.380 e. The van der Waals surface area contributed by atoms with Gasteiger partial charge in [0.1, 0.15) is 12.1 Å². The Kier molecular flexibility index (Phi) is 5.10. The van der Waals surface area contributed by atoms with Gasteiger partial charge in [-0.1, -0.05) is 5.21 Å². The van der Waals surface area contributed by atoms with Crippen molar-refractivity contribution in [3.63, 3.8) is 0 Å². The van der Waals surface area contributed by atoms with Crippen molar-refractivity contribution in [3.8, 4) is 11.5 Å². The maximum atomic E-state index is 12.6. The van der Waals surface area contributed by atoms with Crippen molar-refractivity contribution >= 4 is 18.2 Å². The number of aromatic amines is 1. The summed E-state index contributed by atoms with van der Waals surface area (Å²) in [6.45, 7) is 3.05. The smallest absolute Gasteiger partial charge is 0.298 e. The summed E-state index contributed by atoms with van der Waals surface area (Å²) in [5.41, 5.74) is 0.111. The van der Waals surface area contributed by atoms with Gasteiger partial charge in [0.05, 0.1) is 25.2 Å². The number of nitrogens with zero attached hydrogens (tertiary/aromatic N) is 7. The molecule has 10 nitrogen and oxygen atoms in total. The van der Waals surface area contributed by atoms with E-state index in [-0.39, 0.29) is 18.0 Å². The molecular formula is C14H17ClN8O2. The third-order valence-corrected chi connectivity index (χ3v) is 3.84. The van der Waals surface area contributed by atoms with E-state index in [0.717, 1.165) is 31.9 Å². The highest BCUT2D eigenvalue weighted by atomic mass is 35.5. The lowest BCUT2D eigenvalue weighted by molar-refractivity contribution is 0.152. The average Bonchev–Trinajstić information content (AvgIpc) is 3.17. The van der Waals surface area contributed by atoms with E-state index in [1.165, 1.54) is 21.9 Å². The van der Waals surface area contributed by atoms with Crippen molar-refractivity contribution in [2.45, 2.75) is 6.42 Å². The number of hydrogen-bond acceptors (Lipinski definition) is 7. The monoisotopic (exact) mass is 364 g/mol. The minimum absolute atomic E-state index is 0. The second kappa shape index (κ2) is 7.45. The zero-order valence-corrected chi connectivity index (χ0v) is 14.1. The molecular weight excluding hydrogens is 348 g/mol. The molecule has 0 aromatic carbocycles. The zero-order chi connectivity index (χ0) is 16.4. The van der Waals surface area contributed by atoms with E-state index in [2.05, 4.69) is 30.3 Å². The van der Waals surface area contributed by atoms with Gasteiger partial charge in [0.2, 0.25) is 0 Å². The predicted octanol–water partition coefficient (Wildman–Crippen LogP) is 0.185. The van der Waals surface area contributed by atoms with Crippen LogP contribution in [0.3, 0.4) is 0 Å². The molecule has 3 aromatic rings. The highest BCUT2D eigenvalue weighted by Crippen LogP contribution is 2.14. The van der Waals surface area contributed by atoms with Crippen molar-refractivity contribution in [2.24, 2.45) is 0 Å².